The number of carboxylic acid groups (broad SMARTS) is 1. The van der Waals surface area contributed by atoms with Crippen LogP contribution in [0, 0.1) is 0 Å². The molecule has 7 heteroatoms. The smallest absolute Gasteiger partial charge is 0.338 e. The molecule has 0 saturated carbocycles. The predicted octanol–water partition coefficient (Wildman–Crippen LogP) is 1.33. The summed E-state index contributed by atoms with van der Waals surface area (Å²) in [4.78, 5) is 33.9. The third kappa shape index (κ3) is 3.96. The van der Waals surface area contributed by atoms with Gasteiger partial charge in [-0.05, 0) is 19.1 Å². The minimum Gasteiger partial charge on any atom is -0.478 e. The summed E-state index contributed by atoms with van der Waals surface area (Å²) in [6.45, 7) is 1.50. The van der Waals surface area contributed by atoms with Crippen LogP contribution in [0.4, 0.5) is 0 Å². The maximum absolute atomic E-state index is 11.8. The molecule has 1 aromatic rings. The molecule has 19 heavy (non-hydrogen) atoms. The number of carbonyl (C=O) groups excluding carboxylic acids is 2. The Morgan fingerprint density at radius 2 is 2.05 bits per heavy atom. The van der Waals surface area contributed by atoms with Crippen molar-refractivity contribution in [1.82, 2.24) is 5.32 Å². The number of hydrogen-bond donors (Lipinski definition) is 2. The van der Waals surface area contributed by atoms with Gasteiger partial charge in [0.1, 0.15) is 6.54 Å². The van der Waals surface area contributed by atoms with Crippen LogP contribution < -0.4 is 5.32 Å². The van der Waals surface area contributed by atoms with E-state index in [2.05, 4.69) is 10.1 Å². The molecule has 2 N–H and O–H groups in total. The Hall–Kier alpha value is -2.08. The molecule has 0 fully saturated rings. The molecule has 0 bridgehead atoms. The molecule has 102 valence electrons. The van der Waals surface area contributed by atoms with Crippen LogP contribution in [0.25, 0.3) is 0 Å². The van der Waals surface area contributed by atoms with Crippen LogP contribution in [0.5, 0.6) is 0 Å². The zero-order valence-electron chi connectivity index (χ0n) is 10.1. The van der Waals surface area contributed by atoms with Gasteiger partial charge in [0.25, 0.3) is 5.91 Å². The quantitative estimate of drug-likeness (QED) is 0.796. The van der Waals surface area contributed by atoms with Crippen LogP contribution in [-0.2, 0) is 9.53 Å². The van der Waals surface area contributed by atoms with Crippen molar-refractivity contribution < 1.29 is 24.2 Å². The summed E-state index contributed by atoms with van der Waals surface area (Å²) < 4.78 is 4.63. The highest BCUT2D eigenvalue weighted by Gasteiger charge is 2.19. The van der Waals surface area contributed by atoms with Crippen molar-refractivity contribution in [2.24, 2.45) is 0 Å². The second kappa shape index (κ2) is 6.75. The average molecular weight is 286 g/mol. The topological polar surface area (TPSA) is 92.7 Å². The number of halogens is 1. The molecule has 0 aliphatic carbocycles. The maximum atomic E-state index is 11.8. The van der Waals surface area contributed by atoms with Crippen molar-refractivity contribution in [2.75, 3.05) is 13.2 Å². The van der Waals surface area contributed by atoms with Crippen LogP contribution in [-0.4, -0.2) is 36.1 Å². The van der Waals surface area contributed by atoms with Gasteiger partial charge < -0.3 is 15.2 Å². The number of amides is 1. The lowest BCUT2D eigenvalue weighted by molar-refractivity contribution is -0.141. The van der Waals surface area contributed by atoms with Crippen molar-refractivity contribution in [3.05, 3.63) is 34.3 Å². The molecule has 0 atom stereocenters. The fraction of sp³-hybridized carbons (Fsp3) is 0.250. The molecular formula is C12H12ClNO5. The van der Waals surface area contributed by atoms with E-state index >= 15 is 0 Å². The summed E-state index contributed by atoms with van der Waals surface area (Å²) >= 11 is 5.73. The first kappa shape index (κ1) is 15.0. The van der Waals surface area contributed by atoms with Gasteiger partial charge in [-0.2, -0.15) is 0 Å². The van der Waals surface area contributed by atoms with Gasteiger partial charge in [-0.1, -0.05) is 17.7 Å². The Bertz CT molecular complexity index is 515. The standard InChI is InChI=1S/C12H12ClNO5/c1-2-19-9(15)6-14-11(16)7-4-3-5-8(13)10(7)12(17)18/h3-5H,2,6H2,1H3,(H,14,16)(H,17,18). The largest absolute Gasteiger partial charge is 0.478 e. The van der Waals surface area contributed by atoms with E-state index in [1.54, 1.807) is 6.92 Å². The lowest BCUT2D eigenvalue weighted by atomic mass is 10.1. The number of ether oxygens (including phenoxy) is 1. The van der Waals surface area contributed by atoms with Gasteiger partial charge in [0, 0.05) is 0 Å². The second-order valence-corrected chi connectivity index (χ2v) is 3.86. The maximum Gasteiger partial charge on any atom is 0.338 e. The molecule has 0 spiro atoms. The lowest BCUT2D eigenvalue weighted by Crippen LogP contribution is -2.31. The summed E-state index contributed by atoms with van der Waals surface area (Å²) in [5.74, 6) is -2.62. The summed E-state index contributed by atoms with van der Waals surface area (Å²) in [6.07, 6.45) is 0. The molecule has 0 radical (unpaired) electrons. The number of esters is 1. The number of nitrogens with one attached hydrogen (secondary N) is 1. The van der Waals surface area contributed by atoms with Gasteiger partial charge in [-0.25, -0.2) is 4.79 Å². The highest BCUT2D eigenvalue weighted by atomic mass is 35.5. The zero-order chi connectivity index (χ0) is 14.4. The van der Waals surface area contributed by atoms with E-state index in [0.717, 1.165) is 0 Å². The van der Waals surface area contributed by atoms with Crippen molar-refractivity contribution >= 4 is 29.4 Å². The molecule has 1 aromatic carbocycles. The van der Waals surface area contributed by atoms with Crippen LogP contribution in [0.3, 0.4) is 0 Å². The highest BCUT2D eigenvalue weighted by molar-refractivity contribution is 6.34. The molecule has 0 saturated heterocycles. The van der Waals surface area contributed by atoms with E-state index in [9.17, 15) is 14.4 Å². The normalized spacial score (nSPS) is 9.79. The van der Waals surface area contributed by atoms with Crippen molar-refractivity contribution in [2.45, 2.75) is 6.92 Å². The van der Waals surface area contributed by atoms with E-state index in [-0.39, 0.29) is 29.3 Å². The number of carboxylic acids is 1. The SMILES string of the molecule is CCOC(=O)CNC(=O)c1cccc(Cl)c1C(=O)O. The number of carbonyl (C=O) groups is 3. The van der Waals surface area contributed by atoms with Gasteiger partial charge in [-0.3, -0.25) is 9.59 Å². The van der Waals surface area contributed by atoms with Gasteiger partial charge in [-0.15, -0.1) is 0 Å². The minimum atomic E-state index is -1.31. The molecule has 6 nitrogen and oxygen atoms in total. The van der Waals surface area contributed by atoms with Gasteiger partial charge >= 0.3 is 11.9 Å². The lowest BCUT2D eigenvalue weighted by Gasteiger charge is -2.08. The summed E-state index contributed by atoms with van der Waals surface area (Å²) in [7, 11) is 0. The average Bonchev–Trinajstić information content (AvgIpc) is 2.35. The van der Waals surface area contributed by atoms with Gasteiger partial charge in [0.15, 0.2) is 0 Å². The molecule has 0 unspecified atom stereocenters. The molecule has 0 aliphatic heterocycles. The van der Waals surface area contributed by atoms with E-state index in [1.807, 2.05) is 0 Å². The highest BCUT2D eigenvalue weighted by Crippen LogP contribution is 2.20. The Balaban J connectivity index is 2.86. The Morgan fingerprint density at radius 3 is 2.63 bits per heavy atom. The Morgan fingerprint density at radius 1 is 1.37 bits per heavy atom. The molecule has 0 heterocycles. The van der Waals surface area contributed by atoms with Crippen LogP contribution in [0.2, 0.25) is 5.02 Å². The fourth-order valence-corrected chi connectivity index (χ4v) is 1.65. The first-order valence-electron chi connectivity index (χ1n) is 5.43. The number of hydrogen-bond acceptors (Lipinski definition) is 4. The van der Waals surface area contributed by atoms with E-state index in [4.69, 9.17) is 16.7 Å². The minimum absolute atomic E-state index is 0.0451. The molecule has 1 amide bonds. The summed E-state index contributed by atoms with van der Waals surface area (Å²) in [6, 6.07) is 4.14. The number of aromatic carboxylic acids is 1. The van der Waals surface area contributed by atoms with Gasteiger partial charge in [0.05, 0.1) is 22.8 Å². The Kier molecular flexibility index (Phi) is 5.32. The van der Waals surface area contributed by atoms with Crippen LogP contribution >= 0.6 is 11.6 Å². The second-order valence-electron chi connectivity index (χ2n) is 3.46. The Labute approximate surface area is 114 Å². The molecule has 0 aromatic heterocycles. The van der Waals surface area contributed by atoms with Crippen molar-refractivity contribution in [1.29, 1.82) is 0 Å². The first-order chi connectivity index (χ1) is 8.97. The van der Waals surface area contributed by atoms with Crippen molar-refractivity contribution in [3.8, 4) is 0 Å². The van der Waals surface area contributed by atoms with E-state index in [0.29, 0.717) is 0 Å². The third-order valence-corrected chi connectivity index (χ3v) is 2.49. The number of benzene rings is 1. The molecule has 1 rings (SSSR count). The van der Waals surface area contributed by atoms with Crippen molar-refractivity contribution in [3.63, 3.8) is 0 Å². The summed E-state index contributed by atoms with van der Waals surface area (Å²) in [5, 5.41) is 11.2. The van der Waals surface area contributed by atoms with Crippen LogP contribution in [0.15, 0.2) is 18.2 Å². The summed E-state index contributed by atoms with van der Waals surface area (Å²) in [5.41, 5.74) is -0.408. The predicted molar refractivity (Wildman–Crippen MR) is 67.4 cm³/mol. The van der Waals surface area contributed by atoms with Crippen LogP contribution in [0.1, 0.15) is 27.6 Å². The monoisotopic (exact) mass is 285 g/mol. The van der Waals surface area contributed by atoms with E-state index in [1.165, 1.54) is 18.2 Å². The van der Waals surface area contributed by atoms with Gasteiger partial charge in [0.2, 0.25) is 0 Å². The zero-order valence-corrected chi connectivity index (χ0v) is 10.9. The molecule has 0 aliphatic rings. The van der Waals surface area contributed by atoms with E-state index < -0.39 is 17.8 Å². The number of rotatable bonds is 5. The third-order valence-electron chi connectivity index (χ3n) is 2.17. The molecular weight excluding hydrogens is 274 g/mol. The first-order valence-corrected chi connectivity index (χ1v) is 5.80. The fourth-order valence-electron chi connectivity index (χ4n) is 1.39.